The van der Waals surface area contributed by atoms with Gasteiger partial charge in [-0.05, 0) is 36.3 Å². The van der Waals surface area contributed by atoms with Crippen molar-refractivity contribution in [1.29, 1.82) is 0 Å². The maximum absolute atomic E-state index is 6.25. The third kappa shape index (κ3) is 3.37. The highest BCUT2D eigenvalue weighted by molar-refractivity contribution is 7.55. The van der Waals surface area contributed by atoms with Crippen LogP contribution in [0.1, 0.15) is 11.1 Å². The second kappa shape index (κ2) is 6.77. The molecule has 22 heavy (non-hydrogen) atoms. The normalized spacial score (nSPS) is 11.0. The molecule has 1 nitrogen and oxygen atoms in total. The molecule has 3 rings (SSSR count). The van der Waals surface area contributed by atoms with E-state index < -0.39 is 0 Å². The third-order valence-electron chi connectivity index (χ3n) is 3.56. The lowest BCUT2D eigenvalue weighted by Gasteiger charge is -2.15. The van der Waals surface area contributed by atoms with E-state index in [0.29, 0.717) is 8.58 Å². The van der Waals surface area contributed by atoms with Gasteiger partial charge in [-0.25, -0.2) is 0 Å². The molecule has 0 saturated heterocycles. The van der Waals surface area contributed by atoms with Crippen LogP contribution < -0.4 is 15.3 Å². The molecule has 0 bridgehead atoms. The van der Waals surface area contributed by atoms with Crippen LogP contribution in [-0.4, -0.2) is 0 Å². The highest BCUT2D eigenvalue weighted by Crippen LogP contribution is 2.29. The van der Waals surface area contributed by atoms with Crippen molar-refractivity contribution >= 4 is 19.2 Å². The summed E-state index contributed by atoms with van der Waals surface area (Å²) in [6.07, 6.45) is 0. The summed E-state index contributed by atoms with van der Waals surface area (Å²) in [6, 6.07) is 25.1. The van der Waals surface area contributed by atoms with Crippen LogP contribution in [0, 0.1) is 13.8 Å². The molecule has 0 aliphatic rings. The summed E-state index contributed by atoms with van der Waals surface area (Å²) in [5.41, 5.74) is 2.33. The number of para-hydroxylation sites is 2. The lowest BCUT2D eigenvalue weighted by atomic mass is 10.1. The van der Waals surface area contributed by atoms with Crippen LogP contribution in [0.3, 0.4) is 0 Å². The van der Waals surface area contributed by atoms with E-state index in [1.54, 1.807) is 0 Å². The van der Waals surface area contributed by atoms with E-state index in [0.717, 1.165) is 22.6 Å². The first-order valence-electron chi connectivity index (χ1n) is 7.39. The van der Waals surface area contributed by atoms with Crippen LogP contribution in [0.25, 0.3) is 0 Å². The van der Waals surface area contributed by atoms with Gasteiger partial charge in [0.15, 0.2) is 0 Å². The van der Waals surface area contributed by atoms with Gasteiger partial charge >= 0.3 is 0 Å². The highest BCUT2D eigenvalue weighted by Gasteiger charge is 2.09. The van der Waals surface area contributed by atoms with Crippen molar-refractivity contribution in [3.63, 3.8) is 0 Å². The molecule has 3 aromatic carbocycles. The van der Waals surface area contributed by atoms with Crippen LogP contribution in [0.2, 0.25) is 0 Å². The van der Waals surface area contributed by atoms with Crippen molar-refractivity contribution in [2.45, 2.75) is 13.8 Å². The Morgan fingerprint density at radius 1 is 0.682 bits per heavy atom. The Kier molecular flexibility index (Phi) is 4.56. The van der Waals surface area contributed by atoms with Gasteiger partial charge in [0, 0.05) is 5.30 Å². The van der Waals surface area contributed by atoms with E-state index >= 15 is 0 Å². The van der Waals surface area contributed by atoms with Crippen LogP contribution in [0.5, 0.6) is 11.5 Å². The Hall–Kier alpha value is -2.11. The lowest BCUT2D eigenvalue weighted by Crippen LogP contribution is -2.06. The molecular weight excluding hydrogens is 287 g/mol. The van der Waals surface area contributed by atoms with E-state index in [4.69, 9.17) is 4.74 Å². The maximum Gasteiger partial charge on any atom is 0.135 e. The van der Waals surface area contributed by atoms with E-state index in [-0.39, 0.29) is 0 Å². The molecule has 110 valence electrons. The molecule has 2 heteroatoms. The molecule has 0 amide bonds. The van der Waals surface area contributed by atoms with Gasteiger partial charge in [0.25, 0.3) is 0 Å². The summed E-state index contributed by atoms with van der Waals surface area (Å²) >= 11 is 0. The van der Waals surface area contributed by atoms with Crippen LogP contribution in [0.15, 0.2) is 72.8 Å². The molecule has 0 fully saturated rings. The Morgan fingerprint density at radius 2 is 1.32 bits per heavy atom. The first-order valence-corrected chi connectivity index (χ1v) is 8.39. The Labute approximate surface area is 133 Å². The summed E-state index contributed by atoms with van der Waals surface area (Å²) < 4.78 is 6.25. The molecule has 3 aromatic rings. The Bertz CT molecular complexity index is 745. The summed E-state index contributed by atoms with van der Waals surface area (Å²) in [6.45, 7) is 4.18. The molecule has 0 heterocycles. The van der Waals surface area contributed by atoms with E-state index in [1.165, 1.54) is 10.6 Å². The average molecular weight is 306 g/mol. The van der Waals surface area contributed by atoms with Crippen molar-refractivity contribution in [3.8, 4) is 11.5 Å². The van der Waals surface area contributed by atoms with Crippen molar-refractivity contribution < 1.29 is 4.74 Å². The molecule has 0 aromatic heterocycles. The van der Waals surface area contributed by atoms with Gasteiger partial charge in [-0.3, -0.25) is 0 Å². The fourth-order valence-electron chi connectivity index (χ4n) is 2.41. The van der Waals surface area contributed by atoms with Gasteiger partial charge in [-0.15, -0.1) is 0 Å². The fourth-order valence-corrected chi connectivity index (χ4v) is 3.51. The summed E-state index contributed by atoms with van der Waals surface area (Å²) in [4.78, 5) is 0. The van der Waals surface area contributed by atoms with Crippen molar-refractivity contribution in [2.75, 3.05) is 0 Å². The number of benzene rings is 3. The molecule has 0 aliphatic heterocycles. The minimum absolute atomic E-state index is 0.596. The topological polar surface area (TPSA) is 9.23 Å². The molecule has 1 unspecified atom stereocenters. The van der Waals surface area contributed by atoms with E-state index in [9.17, 15) is 0 Å². The van der Waals surface area contributed by atoms with Gasteiger partial charge in [-0.2, -0.15) is 0 Å². The van der Waals surface area contributed by atoms with E-state index in [1.807, 2.05) is 12.1 Å². The summed E-state index contributed by atoms with van der Waals surface area (Å²) in [7, 11) is 0.596. The number of hydrogen-bond donors (Lipinski definition) is 0. The second-order valence-electron chi connectivity index (χ2n) is 5.31. The first kappa shape index (κ1) is 14.8. The molecule has 0 spiro atoms. The monoisotopic (exact) mass is 306 g/mol. The van der Waals surface area contributed by atoms with Gasteiger partial charge in [-0.1, -0.05) is 75.3 Å². The summed E-state index contributed by atoms with van der Waals surface area (Å²) in [5.74, 6) is 1.91. The van der Waals surface area contributed by atoms with Gasteiger partial charge in [0.05, 0.1) is 0 Å². The molecule has 0 saturated carbocycles. The van der Waals surface area contributed by atoms with Crippen LogP contribution >= 0.6 is 8.58 Å². The number of aryl methyl sites for hydroxylation is 2. The van der Waals surface area contributed by atoms with Gasteiger partial charge in [0.2, 0.25) is 0 Å². The van der Waals surface area contributed by atoms with Crippen molar-refractivity contribution in [2.24, 2.45) is 0 Å². The van der Waals surface area contributed by atoms with E-state index in [2.05, 4.69) is 74.5 Å². The first-order chi connectivity index (χ1) is 10.7. The number of ether oxygens (including phenoxy) is 1. The fraction of sp³-hybridized carbons (Fsp3) is 0.100. The van der Waals surface area contributed by atoms with Crippen LogP contribution in [0.4, 0.5) is 0 Å². The molecular formula is C20H19OP. The maximum atomic E-state index is 6.25. The molecule has 0 radical (unpaired) electrons. The predicted molar refractivity (Wildman–Crippen MR) is 96.5 cm³/mol. The molecule has 0 N–H and O–H groups in total. The molecule has 1 atom stereocenters. The quantitative estimate of drug-likeness (QED) is 0.633. The zero-order valence-electron chi connectivity index (χ0n) is 12.8. The Balaban J connectivity index is 1.92. The second-order valence-corrected chi connectivity index (χ2v) is 6.68. The van der Waals surface area contributed by atoms with Crippen LogP contribution in [-0.2, 0) is 0 Å². The standard InChI is InChI=1S/C20H19OP/c1-15-9-8-10-16(2)20(15)21-18-13-6-7-14-19(18)22-17-11-4-3-5-12-17/h3-14,22H,1-2H3. The largest absolute Gasteiger partial charge is 0.456 e. The smallest absolute Gasteiger partial charge is 0.135 e. The third-order valence-corrected chi connectivity index (χ3v) is 4.87. The zero-order valence-corrected chi connectivity index (χ0v) is 13.8. The minimum atomic E-state index is 0.596. The predicted octanol–water partition coefficient (Wildman–Crippen LogP) is 4.73. The lowest BCUT2D eigenvalue weighted by molar-refractivity contribution is 0.479. The highest BCUT2D eigenvalue weighted by atomic mass is 31.1. The van der Waals surface area contributed by atoms with Crippen molar-refractivity contribution in [3.05, 3.63) is 83.9 Å². The number of rotatable bonds is 4. The zero-order chi connectivity index (χ0) is 15.4. The van der Waals surface area contributed by atoms with Gasteiger partial charge < -0.3 is 4.74 Å². The Morgan fingerprint density at radius 3 is 2.05 bits per heavy atom. The SMILES string of the molecule is Cc1cccc(C)c1Oc1ccccc1Pc1ccccc1. The average Bonchev–Trinajstić information content (AvgIpc) is 2.54. The minimum Gasteiger partial charge on any atom is -0.456 e. The van der Waals surface area contributed by atoms with Crippen molar-refractivity contribution in [1.82, 2.24) is 0 Å². The van der Waals surface area contributed by atoms with Gasteiger partial charge in [0.1, 0.15) is 11.5 Å². The number of hydrogen-bond acceptors (Lipinski definition) is 1. The summed E-state index contributed by atoms with van der Waals surface area (Å²) in [5, 5.41) is 2.55. The molecule has 0 aliphatic carbocycles.